The molecule has 0 aliphatic carbocycles. The molecule has 0 bridgehead atoms. The molecule has 0 fully saturated rings. The van der Waals surface area contributed by atoms with E-state index in [9.17, 15) is 14.5 Å². The number of non-ortho nitro benzene ring substituents is 1. The molecule has 0 aromatic heterocycles. The van der Waals surface area contributed by atoms with Crippen LogP contribution in [0.4, 0.5) is 10.1 Å². The molecule has 6 heteroatoms. The molecule has 18 heavy (non-hydrogen) atoms. The van der Waals surface area contributed by atoms with E-state index in [0.717, 1.165) is 6.07 Å². The molecule has 0 saturated carbocycles. The van der Waals surface area contributed by atoms with Crippen LogP contribution in [-0.4, -0.2) is 34.6 Å². The molecule has 0 radical (unpaired) electrons. The number of benzene rings is 1. The molecule has 98 valence electrons. The summed E-state index contributed by atoms with van der Waals surface area (Å²) < 4.78 is 13.6. The highest BCUT2D eigenvalue weighted by molar-refractivity contribution is 5.34. The van der Waals surface area contributed by atoms with Crippen LogP contribution < -0.4 is 0 Å². The van der Waals surface area contributed by atoms with Crippen LogP contribution in [0.2, 0.25) is 0 Å². The van der Waals surface area contributed by atoms with Crippen molar-refractivity contribution in [1.29, 1.82) is 0 Å². The minimum atomic E-state index is -0.637. The molecule has 0 spiro atoms. The third-order valence-electron chi connectivity index (χ3n) is 2.44. The van der Waals surface area contributed by atoms with E-state index >= 15 is 0 Å². The van der Waals surface area contributed by atoms with Crippen molar-refractivity contribution in [2.45, 2.75) is 6.54 Å². The van der Waals surface area contributed by atoms with Crippen LogP contribution in [-0.2, 0) is 6.54 Å². The lowest BCUT2D eigenvalue weighted by atomic mass is 10.1. The monoisotopic (exact) mass is 254 g/mol. The summed E-state index contributed by atoms with van der Waals surface area (Å²) >= 11 is 0. The van der Waals surface area contributed by atoms with Crippen molar-refractivity contribution in [3.8, 4) is 0 Å². The molecule has 1 aromatic carbocycles. The highest BCUT2D eigenvalue weighted by Crippen LogP contribution is 2.17. The van der Waals surface area contributed by atoms with E-state index in [0.29, 0.717) is 18.7 Å². The van der Waals surface area contributed by atoms with Gasteiger partial charge in [-0.2, -0.15) is 0 Å². The second-order valence-corrected chi connectivity index (χ2v) is 3.78. The maximum atomic E-state index is 13.6. The van der Waals surface area contributed by atoms with Crippen molar-refractivity contribution >= 4 is 5.69 Å². The molecule has 1 rings (SSSR count). The summed E-state index contributed by atoms with van der Waals surface area (Å²) in [7, 11) is 0. The molecule has 5 nitrogen and oxygen atoms in total. The van der Waals surface area contributed by atoms with Crippen molar-refractivity contribution in [1.82, 2.24) is 4.90 Å². The van der Waals surface area contributed by atoms with Crippen LogP contribution in [0.3, 0.4) is 0 Å². The number of hydrogen-bond donors (Lipinski definition) is 1. The Hall–Kier alpha value is -1.79. The number of aliphatic hydroxyl groups is 1. The van der Waals surface area contributed by atoms with Crippen molar-refractivity contribution in [3.05, 3.63) is 52.3 Å². The van der Waals surface area contributed by atoms with Gasteiger partial charge in [0.25, 0.3) is 5.69 Å². The Kier molecular flexibility index (Phi) is 5.41. The van der Waals surface area contributed by atoms with Gasteiger partial charge in [-0.05, 0) is 6.07 Å². The fraction of sp³-hybridized carbons (Fsp3) is 0.333. The zero-order valence-corrected chi connectivity index (χ0v) is 9.88. The van der Waals surface area contributed by atoms with Gasteiger partial charge in [-0.3, -0.25) is 15.0 Å². The number of halogens is 1. The predicted molar refractivity (Wildman–Crippen MR) is 65.6 cm³/mol. The quantitative estimate of drug-likeness (QED) is 0.457. The van der Waals surface area contributed by atoms with Crippen LogP contribution in [0.1, 0.15) is 5.56 Å². The molecule has 0 atom stereocenters. The van der Waals surface area contributed by atoms with E-state index in [-0.39, 0.29) is 18.8 Å². The van der Waals surface area contributed by atoms with Gasteiger partial charge in [0.05, 0.1) is 17.6 Å². The zero-order chi connectivity index (χ0) is 13.5. The molecule has 0 saturated heterocycles. The van der Waals surface area contributed by atoms with E-state index in [1.165, 1.54) is 12.1 Å². The minimum absolute atomic E-state index is 0.0392. The Morgan fingerprint density at radius 1 is 1.56 bits per heavy atom. The minimum Gasteiger partial charge on any atom is -0.395 e. The van der Waals surface area contributed by atoms with Crippen molar-refractivity contribution in [2.24, 2.45) is 0 Å². The van der Waals surface area contributed by atoms with Gasteiger partial charge >= 0.3 is 0 Å². The summed E-state index contributed by atoms with van der Waals surface area (Å²) in [6, 6.07) is 3.56. The average Bonchev–Trinajstić information content (AvgIpc) is 2.32. The Morgan fingerprint density at radius 3 is 2.78 bits per heavy atom. The summed E-state index contributed by atoms with van der Waals surface area (Å²) in [5.41, 5.74) is 0.0876. The molecule has 1 N–H and O–H groups in total. The summed E-state index contributed by atoms with van der Waals surface area (Å²) in [5.74, 6) is -0.615. The number of aliphatic hydroxyl groups excluding tert-OH is 1. The van der Waals surface area contributed by atoms with Gasteiger partial charge in [-0.15, -0.1) is 6.58 Å². The third-order valence-corrected chi connectivity index (χ3v) is 2.44. The third kappa shape index (κ3) is 3.90. The van der Waals surface area contributed by atoms with Gasteiger partial charge in [-0.1, -0.05) is 6.08 Å². The first kappa shape index (κ1) is 14.3. The molecule has 0 aliphatic heterocycles. The normalized spacial score (nSPS) is 10.6. The molecule has 0 aliphatic rings. The molecular weight excluding hydrogens is 239 g/mol. The molecule has 1 aromatic rings. The van der Waals surface area contributed by atoms with Gasteiger partial charge in [0.2, 0.25) is 0 Å². The molecule has 0 amide bonds. The number of rotatable bonds is 7. The Bertz CT molecular complexity index is 437. The van der Waals surface area contributed by atoms with Crippen LogP contribution in [0.15, 0.2) is 30.9 Å². The van der Waals surface area contributed by atoms with E-state index in [4.69, 9.17) is 5.11 Å². The van der Waals surface area contributed by atoms with E-state index in [1.807, 2.05) is 0 Å². The first-order valence-corrected chi connectivity index (χ1v) is 5.45. The highest BCUT2D eigenvalue weighted by atomic mass is 19.1. The number of hydrogen-bond acceptors (Lipinski definition) is 4. The Labute approximate surface area is 104 Å². The van der Waals surface area contributed by atoms with Crippen LogP contribution in [0.25, 0.3) is 0 Å². The fourth-order valence-corrected chi connectivity index (χ4v) is 1.58. The average molecular weight is 254 g/mol. The van der Waals surface area contributed by atoms with Gasteiger partial charge in [-0.25, -0.2) is 4.39 Å². The van der Waals surface area contributed by atoms with Crippen LogP contribution in [0.5, 0.6) is 0 Å². The van der Waals surface area contributed by atoms with Gasteiger partial charge in [0, 0.05) is 31.3 Å². The second kappa shape index (κ2) is 6.83. The lowest BCUT2D eigenvalue weighted by molar-refractivity contribution is -0.385. The molecular formula is C12H15FN2O3. The first-order valence-electron chi connectivity index (χ1n) is 5.45. The summed E-state index contributed by atoms with van der Waals surface area (Å²) in [5, 5.41) is 19.3. The number of nitro benzene ring substituents is 1. The van der Waals surface area contributed by atoms with E-state index < -0.39 is 10.7 Å². The van der Waals surface area contributed by atoms with Gasteiger partial charge < -0.3 is 5.11 Å². The van der Waals surface area contributed by atoms with Gasteiger partial charge in [0.15, 0.2) is 0 Å². The van der Waals surface area contributed by atoms with E-state index in [1.54, 1.807) is 11.0 Å². The maximum Gasteiger partial charge on any atom is 0.272 e. The second-order valence-electron chi connectivity index (χ2n) is 3.78. The number of nitro groups is 1. The first-order chi connectivity index (χ1) is 8.58. The molecule has 0 unspecified atom stereocenters. The van der Waals surface area contributed by atoms with Crippen LogP contribution >= 0.6 is 0 Å². The lowest BCUT2D eigenvalue weighted by Gasteiger charge is -2.19. The smallest absolute Gasteiger partial charge is 0.272 e. The standard InChI is InChI=1S/C12H15FN2O3/c1-2-5-14(6-7-16)9-10-3-4-11(15(17)18)8-12(10)13/h2-4,8,16H,1,5-7,9H2. The molecule has 0 heterocycles. The van der Waals surface area contributed by atoms with E-state index in [2.05, 4.69) is 6.58 Å². The lowest BCUT2D eigenvalue weighted by Crippen LogP contribution is -2.27. The highest BCUT2D eigenvalue weighted by Gasteiger charge is 2.12. The largest absolute Gasteiger partial charge is 0.395 e. The Balaban J connectivity index is 2.82. The van der Waals surface area contributed by atoms with Crippen molar-refractivity contribution in [2.75, 3.05) is 19.7 Å². The topological polar surface area (TPSA) is 66.6 Å². The summed E-state index contributed by atoms with van der Waals surface area (Å²) in [6.45, 7) is 4.71. The Morgan fingerprint density at radius 2 is 2.28 bits per heavy atom. The van der Waals surface area contributed by atoms with Crippen LogP contribution in [0, 0.1) is 15.9 Å². The predicted octanol–water partition coefficient (Wildman–Crippen LogP) is 1.71. The van der Waals surface area contributed by atoms with Gasteiger partial charge in [0.1, 0.15) is 5.82 Å². The number of nitrogens with zero attached hydrogens (tertiary/aromatic N) is 2. The SMILES string of the molecule is C=CCN(CCO)Cc1ccc([N+](=O)[O-])cc1F. The van der Waals surface area contributed by atoms with Crippen molar-refractivity contribution < 1.29 is 14.4 Å². The zero-order valence-electron chi connectivity index (χ0n) is 9.88. The maximum absolute atomic E-state index is 13.6. The fourth-order valence-electron chi connectivity index (χ4n) is 1.58. The van der Waals surface area contributed by atoms with Crippen molar-refractivity contribution in [3.63, 3.8) is 0 Å². The summed E-state index contributed by atoms with van der Waals surface area (Å²) in [6.07, 6.45) is 1.65. The summed E-state index contributed by atoms with van der Waals surface area (Å²) in [4.78, 5) is 11.6.